The predicted molar refractivity (Wildman–Crippen MR) is 86.8 cm³/mol. The standard InChI is InChI=1S/C18H15FN2O2/c1-2-23-18(22)16-11-13-5-3-4-6-15(13)20-17(21-16)12-7-9-14(19)10-8-12/h3-11H,2H2,1H3,(H,20,21). The molecular formula is C18H15FN2O2. The first-order valence-electron chi connectivity index (χ1n) is 7.27. The maximum Gasteiger partial charge on any atom is 0.354 e. The van der Waals surface area contributed by atoms with Gasteiger partial charge in [0.25, 0.3) is 0 Å². The second-order valence-electron chi connectivity index (χ2n) is 4.93. The van der Waals surface area contributed by atoms with Crippen molar-refractivity contribution in [3.8, 4) is 0 Å². The summed E-state index contributed by atoms with van der Waals surface area (Å²) in [7, 11) is 0. The van der Waals surface area contributed by atoms with Crippen molar-refractivity contribution in [2.75, 3.05) is 6.61 Å². The second-order valence-corrected chi connectivity index (χ2v) is 4.93. The van der Waals surface area contributed by atoms with E-state index in [1.807, 2.05) is 24.3 Å². The van der Waals surface area contributed by atoms with Crippen molar-refractivity contribution in [1.29, 1.82) is 0 Å². The molecule has 4 nitrogen and oxygen atoms in total. The third-order valence-corrected chi connectivity index (χ3v) is 3.33. The molecule has 5 heteroatoms. The highest BCUT2D eigenvalue weighted by atomic mass is 19.1. The van der Waals surface area contributed by atoms with Crippen LogP contribution in [0.4, 0.5) is 10.1 Å². The van der Waals surface area contributed by atoms with Crippen LogP contribution in [0, 0.1) is 5.82 Å². The van der Waals surface area contributed by atoms with Gasteiger partial charge in [-0.3, -0.25) is 0 Å². The third kappa shape index (κ3) is 3.29. The van der Waals surface area contributed by atoms with Gasteiger partial charge in [0.2, 0.25) is 0 Å². The van der Waals surface area contributed by atoms with Crippen molar-refractivity contribution in [2.24, 2.45) is 4.99 Å². The molecule has 0 radical (unpaired) electrons. The van der Waals surface area contributed by atoms with Crippen molar-refractivity contribution >= 4 is 23.6 Å². The largest absolute Gasteiger partial charge is 0.461 e. The minimum atomic E-state index is -0.459. The summed E-state index contributed by atoms with van der Waals surface area (Å²) in [5.41, 5.74) is 2.50. The Morgan fingerprint density at radius 2 is 1.91 bits per heavy atom. The van der Waals surface area contributed by atoms with Crippen molar-refractivity contribution in [1.82, 2.24) is 5.32 Å². The van der Waals surface area contributed by atoms with Crippen molar-refractivity contribution < 1.29 is 13.9 Å². The van der Waals surface area contributed by atoms with E-state index >= 15 is 0 Å². The number of hydrogen-bond donors (Lipinski definition) is 1. The number of rotatable bonds is 3. The lowest BCUT2D eigenvalue weighted by Gasteiger charge is -2.11. The van der Waals surface area contributed by atoms with Gasteiger partial charge in [0, 0.05) is 11.1 Å². The summed E-state index contributed by atoms with van der Waals surface area (Å²) in [4.78, 5) is 16.7. The highest BCUT2D eigenvalue weighted by molar-refractivity contribution is 6.08. The van der Waals surface area contributed by atoms with Gasteiger partial charge in [-0.05, 0) is 43.3 Å². The first-order valence-corrected chi connectivity index (χ1v) is 7.27. The lowest BCUT2D eigenvalue weighted by atomic mass is 10.1. The van der Waals surface area contributed by atoms with Crippen LogP contribution in [0.2, 0.25) is 0 Å². The van der Waals surface area contributed by atoms with Gasteiger partial charge in [-0.25, -0.2) is 14.2 Å². The van der Waals surface area contributed by atoms with Gasteiger partial charge in [0.15, 0.2) is 0 Å². The van der Waals surface area contributed by atoms with Crippen LogP contribution in [0.1, 0.15) is 18.1 Å². The van der Waals surface area contributed by atoms with Crippen LogP contribution in [0.25, 0.3) is 6.08 Å². The van der Waals surface area contributed by atoms with Gasteiger partial charge in [0.05, 0.1) is 12.3 Å². The number of aliphatic imine (C=N–C) groups is 1. The average Bonchev–Trinajstić information content (AvgIpc) is 2.75. The number of para-hydroxylation sites is 1. The zero-order valence-electron chi connectivity index (χ0n) is 12.5. The van der Waals surface area contributed by atoms with Gasteiger partial charge in [-0.2, -0.15) is 0 Å². The van der Waals surface area contributed by atoms with Gasteiger partial charge < -0.3 is 10.1 Å². The normalized spacial score (nSPS) is 13.1. The van der Waals surface area contributed by atoms with E-state index in [0.717, 1.165) is 11.3 Å². The van der Waals surface area contributed by atoms with Crippen LogP contribution in [0.3, 0.4) is 0 Å². The SMILES string of the molecule is CCOC(=O)C1=Cc2ccccc2N=C(c2ccc(F)cc2)N1. The summed E-state index contributed by atoms with van der Waals surface area (Å²) in [6.45, 7) is 2.03. The van der Waals surface area contributed by atoms with Crippen LogP contribution < -0.4 is 5.32 Å². The molecule has 0 bridgehead atoms. The Balaban J connectivity index is 2.07. The molecule has 0 atom stereocenters. The van der Waals surface area contributed by atoms with Gasteiger partial charge in [0.1, 0.15) is 17.3 Å². The second kappa shape index (κ2) is 6.44. The van der Waals surface area contributed by atoms with Crippen LogP contribution in [0.5, 0.6) is 0 Å². The molecule has 0 saturated heterocycles. The first-order chi connectivity index (χ1) is 11.2. The fraction of sp³-hybridized carbons (Fsp3) is 0.111. The summed E-state index contributed by atoms with van der Waals surface area (Å²) in [5, 5.41) is 3.00. The fourth-order valence-electron chi connectivity index (χ4n) is 2.24. The van der Waals surface area contributed by atoms with Gasteiger partial charge >= 0.3 is 5.97 Å². The predicted octanol–water partition coefficient (Wildman–Crippen LogP) is 3.41. The maximum atomic E-state index is 13.1. The lowest BCUT2D eigenvalue weighted by Crippen LogP contribution is -2.28. The quantitative estimate of drug-likeness (QED) is 0.884. The molecule has 116 valence electrons. The van der Waals surface area contributed by atoms with Crippen LogP contribution in [0.15, 0.2) is 59.2 Å². The molecule has 0 unspecified atom stereocenters. The van der Waals surface area contributed by atoms with Crippen molar-refractivity contribution in [3.05, 3.63) is 71.2 Å². The Hall–Kier alpha value is -2.95. The monoisotopic (exact) mass is 310 g/mol. The number of nitrogens with one attached hydrogen (secondary N) is 1. The van der Waals surface area contributed by atoms with E-state index in [-0.39, 0.29) is 12.4 Å². The van der Waals surface area contributed by atoms with Gasteiger partial charge in [-0.15, -0.1) is 0 Å². The summed E-state index contributed by atoms with van der Waals surface area (Å²) in [6.07, 6.45) is 1.70. The number of fused-ring (bicyclic) bond motifs is 1. The van der Waals surface area contributed by atoms with Crippen LogP contribution >= 0.6 is 0 Å². The molecule has 0 amide bonds. The summed E-state index contributed by atoms with van der Waals surface area (Å²) >= 11 is 0. The molecule has 0 spiro atoms. The molecule has 0 saturated carbocycles. The molecule has 3 rings (SSSR count). The first kappa shape index (κ1) is 15.0. The number of halogens is 1. The van der Waals surface area contributed by atoms with E-state index in [0.29, 0.717) is 17.1 Å². The summed E-state index contributed by atoms with van der Waals surface area (Å²) < 4.78 is 18.2. The zero-order valence-corrected chi connectivity index (χ0v) is 12.5. The number of benzene rings is 2. The van der Waals surface area contributed by atoms with E-state index in [2.05, 4.69) is 10.3 Å². The molecule has 23 heavy (non-hydrogen) atoms. The number of amidine groups is 1. The topological polar surface area (TPSA) is 50.7 Å². The highest BCUT2D eigenvalue weighted by Crippen LogP contribution is 2.25. The molecule has 2 aromatic rings. The molecule has 1 aliphatic rings. The molecule has 0 fully saturated rings. The number of hydrogen-bond acceptors (Lipinski definition) is 4. The summed E-state index contributed by atoms with van der Waals surface area (Å²) in [5.74, 6) is -0.321. The summed E-state index contributed by atoms with van der Waals surface area (Å²) in [6, 6.07) is 13.4. The zero-order chi connectivity index (χ0) is 16.2. The number of carbonyl (C=O) groups excluding carboxylic acids is 1. The van der Waals surface area contributed by atoms with Gasteiger partial charge in [-0.1, -0.05) is 18.2 Å². The van der Waals surface area contributed by atoms with E-state index in [1.54, 1.807) is 25.1 Å². The van der Waals surface area contributed by atoms with Crippen molar-refractivity contribution in [2.45, 2.75) is 6.92 Å². The molecule has 0 aliphatic carbocycles. The highest BCUT2D eigenvalue weighted by Gasteiger charge is 2.18. The van der Waals surface area contributed by atoms with Crippen LogP contribution in [-0.2, 0) is 9.53 Å². The van der Waals surface area contributed by atoms with E-state index in [4.69, 9.17) is 4.74 Å². The average molecular weight is 310 g/mol. The van der Waals surface area contributed by atoms with Crippen molar-refractivity contribution in [3.63, 3.8) is 0 Å². The number of nitrogens with zero attached hydrogens (tertiary/aromatic N) is 1. The number of esters is 1. The van der Waals surface area contributed by atoms with Crippen LogP contribution in [-0.4, -0.2) is 18.4 Å². The number of ether oxygens (including phenoxy) is 1. The Kier molecular flexibility index (Phi) is 4.19. The minimum Gasteiger partial charge on any atom is -0.461 e. The smallest absolute Gasteiger partial charge is 0.354 e. The number of carbonyl (C=O) groups is 1. The molecule has 0 aromatic heterocycles. The maximum absolute atomic E-state index is 13.1. The Bertz CT molecular complexity index is 795. The molecule has 1 N–H and O–H groups in total. The Labute approximate surface area is 133 Å². The molecular weight excluding hydrogens is 295 g/mol. The van der Waals surface area contributed by atoms with E-state index in [9.17, 15) is 9.18 Å². The fourth-order valence-corrected chi connectivity index (χ4v) is 2.24. The third-order valence-electron chi connectivity index (χ3n) is 3.33. The molecule has 1 heterocycles. The molecule has 2 aromatic carbocycles. The minimum absolute atomic E-state index is 0.280. The van der Waals surface area contributed by atoms with E-state index in [1.165, 1.54) is 12.1 Å². The molecule has 1 aliphatic heterocycles. The lowest BCUT2D eigenvalue weighted by molar-refractivity contribution is -0.138. The van der Waals surface area contributed by atoms with E-state index < -0.39 is 5.97 Å². The Morgan fingerprint density at radius 3 is 2.65 bits per heavy atom. The Morgan fingerprint density at radius 1 is 1.17 bits per heavy atom.